The van der Waals surface area contributed by atoms with Gasteiger partial charge in [0, 0.05) is 33.7 Å². The lowest BCUT2D eigenvalue weighted by molar-refractivity contribution is -0.122. The molecule has 0 saturated carbocycles. The number of piperidine rings is 1. The zero-order valence-electron chi connectivity index (χ0n) is 20.2. The van der Waals surface area contributed by atoms with Crippen molar-refractivity contribution in [2.45, 2.75) is 71.5 Å². The van der Waals surface area contributed by atoms with Crippen LogP contribution in [-0.2, 0) is 9.53 Å². The van der Waals surface area contributed by atoms with Crippen molar-refractivity contribution in [3.8, 4) is 0 Å². The molecule has 1 fully saturated rings. The Hall–Kier alpha value is -2.53. The Bertz CT molecular complexity index is 970. The molecule has 2 N–H and O–H groups in total. The predicted molar refractivity (Wildman–Crippen MR) is 129 cm³/mol. The summed E-state index contributed by atoms with van der Waals surface area (Å²) >= 11 is 0. The Balaban J connectivity index is 1.70. The highest BCUT2D eigenvalue weighted by Gasteiger charge is 2.43. The normalized spacial score (nSPS) is 19.8. The Morgan fingerprint density at radius 1 is 1.13 bits per heavy atom. The van der Waals surface area contributed by atoms with Crippen LogP contribution in [0.25, 0.3) is 17.0 Å². The van der Waals surface area contributed by atoms with Gasteiger partial charge in [0.25, 0.3) is 5.91 Å². The second-order valence-corrected chi connectivity index (χ2v) is 10.1. The summed E-state index contributed by atoms with van der Waals surface area (Å²) < 4.78 is 5.38. The van der Waals surface area contributed by atoms with Crippen molar-refractivity contribution in [3.63, 3.8) is 0 Å². The molecule has 3 rings (SSSR count). The number of aryl methyl sites for hydroxylation is 2. The summed E-state index contributed by atoms with van der Waals surface area (Å²) in [5.74, 6) is 0.143. The number of amides is 1. The van der Waals surface area contributed by atoms with Crippen LogP contribution in [0, 0.1) is 13.8 Å². The first kappa shape index (κ1) is 23.1. The Morgan fingerprint density at radius 3 is 2.35 bits per heavy atom. The summed E-state index contributed by atoms with van der Waals surface area (Å²) in [7, 11) is 3.70. The Morgan fingerprint density at radius 2 is 1.74 bits per heavy atom. The van der Waals surface area contributed by atoms with Crippen molar-refractivity contribution < 1.29 is 9.53 Å². The van der Waals surface area contributed by atoms with Crippen LogP contribution in [-0.4, -0.2) is 47.1 Å². The summed E-state index contributed by atoms with van der Waals surface area (Å²) in [4.78, 5) is 18.7. The maximum atomic E-state index is 12.8. The number of benzene rings is 1. The van der Waals surface area contributed by atoms with E-state index in [2.05, 4.69) is 82.0 Å². The fourth-order valence-corrected chi connectivity index (χ4v) is 4.72. The van der Waals surface area contributed by atoms with E-state index in [9.17, 15) is 4.79 Å². The van der Waals surface area contributed by atoms with Crippen molar-refractivity contribution in [2.24, 2.45) is 0 Å². The van der Waals surface area contributed by atoms with Gasteiger partial charge in [-0.1, -0.05) is 6.08 Å². The molecule has 2 heterocycles. The molecule has 5 heteroatoms. The molecule has 5 nitrogen and oxygen atoms in total. The number of fused-ring (bicyclic) bond motifs is 1. The lowest BCUT2D eigenvalue weighted by atomic mass is 9.77. The summed E-state index contributed by atoms with van der Waals surface area (Å²) in [5, 5.41) is 4.37. The lowest BCUT2D eigenvalue weighted by Crippen LogP contribution is -2.62. The van der Waals surface area contributed by atoms with Gasteiger partial charge in [-0.25, -0.2) is 0 Å². The molecule has 0 radical (unpaired) electrons. The van der Waals surface area contributed by atoms with Gasteiger partial charge < -0.3 is 15.0 Å². The molecule has 0 spiro atoms. The number of nitrogens with one attached hydrogen (secondary N) is 2. The Labute approximate surface area is 186 Å². The van der Waals surface area contributed by atoms with Crippen molar-refractivity contribution in [2.75, 3.05) is 14.2 Å². The van der Waals surface area contributed by atoms with Gasteiger partial charge in [-0.3, -0.25) is 9.69 Å². The standard InChI is InChI=1S/C26H37N3O2/c1-17-12-19-14-20(27-22(19)13-18(17)2)10-9-11-23(31-8)24(30)28-21-15-25(3,4)29(7)26(5,6)16-21/h9-14,21,27H,15-16H2,1-8H3,(H,28,30)/b10-9+,23-11+. The average Bonchev–Trinajstić information content (AvgIpc) is 3.04. The number of H-pyrrole nitrogens is 1. The third kappa shape index (κ3) is 5.04. The number of carbonyl (C=O) groups is 1. The molecule has 31 heavy (non-hydrogen) atoms. The fourth-order valence-electron chi connectivity index (χ4n) is 4.72. The number of hydrogen-bond acceptors (Lipinski definition) is 3. The van der Waals surface area contributed by atoms with E-state index in [1.54, 1.807) is 6.08 Å². The van der Waals surface area contributed by atoms with E-state index in [1.807, 2.05) is 12.2 Å². The quantitative estimate of drug-likeness (QED) is 0.400. The predicted octanol–water partition coefficient (Wildman–Crippen LogP) is 5.10. The summed E-state index contributed by atoms with van der Waals surface area (Å²) in [6, 6.07) is 6.57. The molecule has 0 aliphatic carbocycles. The van der Waals surface area contributed by atoms with Crippen molar-refractivity contribution in [3.05, 3.63) is 52.9 Å². The van der Waals surface area contributed by atoms with Crippen LogP contribution in [0.4, 0.5) is 0 Å². The van der Waals surface area contributed by atoms with E-state index < -0.39 is 0 Å². The molecule has 168 valence electrons. The smallest absolute Gasteiger partial charge is 0.286 e. The summed E-state index contributed by atoms with van der Waals surface area (Å²) in [5.41, 5.74) is 4.69. The number of carbonyl (C=O) groups excluding carboxylic acids is 1. The van der Waals surface area contributed by atoms with Gasteiger partial charge in [-0.05, 0) is 103 Å². The minimum atomic E-state index is -0.170. The number of allylic oxidation sites excluding steroid dienone is 2. The maximum absolute atomic E-state index is 12.8. The maximum Gasteiger partial charge on any atom is 0.286 e. The second-order valence-electron chi connectivity index (χ2n) is 10.1. The monoisotopic (exact) mass is 423 g/mol. The lowest BCUT2D eigenvalue weighted by Gasteiger charge is -2.53. The number of nitrogens with zero attached hydrogens (tertiary/aromatic N) is 1. The van der Waals surface area contributed by atoms with Gasteiger partial charge >= 0.3 is 0 Å². The van der Waals surface area contributed by atoms with Crippen molar-refractivity contribution in [1.29, 1.82) is 0 Å². The van der Waals surface area contributed by atoms with Gasteiger partial charge in [0.05, 0.1) is 7.11 Å². The van der Waals surface area contributed by atoms with E-state index in [1.165, 1.54) is 23.6 Å². The van der Waals surface area contributed by atoms with Gasteiger partial charge in [0.15, 0.2) is 5.76 Å². The number of aromatic amines is 1. The molecule has 1 aromatic carbocycles. The van der Waals surface area contributed by atoms with E-state index in [-0.39, 0.29) is 23.0 Å². The number of aromatic nitrogens is 1. The summed E-state index contributed by atoms with van der Waals surface area (Å²) in [6.45, 7) is 13.1. The third-order valence-electron chi connectivity index (χ3n) is 6.87. The fraction of sp³-hybridized carbons (Fsp3) is 0.500. The van der Waals surface area contributed by atoms with E-state index >= 15 is 0 Å². The van der Waals surface area contributed by atoms with Crippen LogP contribution >= 0.6 is 0 Å². The number of methoxy groups -OCH3 is 1. The second kappa shape index (κ2) is 8.54. The Kier molecular flexibility index (Phi) is 6.38. The first-order valence-electron chi connectivity index (χ1n) is 11.0. The van der Waals surface area contributed by atoms with Gasteiger partial charge in [-0.15, -0.1) is 0 Å². The highest BCUT2D eigenvalue weighted by atomic mass is 16.5. The van der Waals surface area contributed by atoms with Gasteiger partial charge in [-0.2, -0.15) is 0 Å². The average molecular weight is 424 g/mol. The zero-order valence-corrected chi connectivity index (χ0v) is 20.2. The zero-order chi connectivity index (χ0) is 23.0. The molecule has 0 bridgehead atoms. The van der Waals surface area contributed by atoms with E-state index in [4.69, 9.17) is 4.74 Å². The summed E-state index contributed by atoms with van der Waals surface area (Å²) in [6.07, 6.45) is 7.34. The van der Waals surface area contributed by atoms with Crippen LogP contribution in [0.15, 0.2) is 36.1 Å². The van der Waals surface area contributed by atoms with Crippen molar-refractivity contribution in [1.82, 2.24) is 15.2 Å². The number of likely N-dealkylation sites (tertiary alicyclic amines) is 1. The van der Waals surface area contributed by atoms with Crippen LogP contribution in [0.3, 0.4) is 0 Å². The number of hydrogen-bond donors (Lipinski definition) is 2. The number of ether oxygens (including phenoxy) is 1. The number of rotatable bonds is 5. The van der Waals surface area contributed by atoms with Gasteiger partial charge in [0.2, 0.25) is 0 Å². The van der Waals surface area contributed by atoms with Crippen LogP contribution in [0.1, 0.15) is 57.4 Å². The molecule has 2 aromatic rings. The van der Waals surface area contributed by atoms with Crippen LogP contribution in [0.5, 0.6) is 0 Å². The molecule has 1 aliphatic heterocycles. The highest BCUT2D eigenvalue weighted by Crippen LogP contribution is 2.36. The minimum Gasteiger partial charge on any atom is -0.491 e. The van der Waals surface area contributed by atoms with Crippen LogP contribution in [0.2, 0.25) is 0 Å². The van der Waals surface area contributed by atoms with E-state index in [0.717, 1.165) is 24.1 Å². The molecule has 1 amide bonds. The van der Waals surface area contributed by atoms with Crippen molar-refractivity contribution >= 4 is 22.9 Å². The molecule has 1 saturated heterocycles. The highest BCUT2D eigenvalue weighted by molar-refractivity contribution is 5.92. The molecule has 0 atom stereocenters. The minimum absolute atomic E-state index is 0.0167. The molecule has 1 aliphatic rings. The van der Waals surface area contributed by atoms with Gasteiger partial charge in [0.1, 0.15) is 0 Å². The molecule has 0 unspecified atom stereocenters. The molecular formula is C26H37N3O2. The van der Waals surface area contributed by atoms with E-state index in [0.29, 0.717) is 5.76 Å². The SMILES string of the molecule is CO/C(=C/C=C/c1cc2cc(C)c(C)cc2[nH]1)C(=O)NC1CC(C)(C)N(C)C(C)(C)C1. The topological polar surface area (TPSA) is 57.4 Å². The first-order chi connectivity index (χ1) is 14.4. The molecular weight excluding hydrogens is 386 g/mol. The first-order valence-corrected chi connectivity index (χ1v) is 11.0. The third-order valence-corrected chi connectivity index (χ3v) is 6.87. The largest absolute Gasteiger partial charge is 0.491 e. The van der Waals surface area contributed by atoms with Crippen LogP contribution < -0.4 is 5.32 Å². The molecule has 1 aromatic heterocycles.